The second-order valence-electron chi connectivity index (χ2n) is 6.54. The molecule has 0 radical (unpaired) electrons. The Bertz CT molecular complexity index is 1050. The largest absolute Gasteiger partial charge is 0.457 e. The highest BCUT2D eigenvalue weighted by Gasteiger charge is 2.21. The average Bonchev–Trinajstić information content (AvgIpc) is 3.23. The topological polar surface area (TPSA) is 83.1 Å². The molecule has 0 unspecified atom stereocenters. The molecule has 3 aromatic rings. The van der Waals surface area contributed by atoms with Crippen LogP contribution in [0.15, 0.2) is 72.8 Å². The lowest BCUT2D eigenvalue weighted by molar-refractivity contribution is -0.123. The van der Waals surface area contributed by atoms with Gasteiger partial charge in [0.1, 0.15) is 11.5 Å². The van der Waals surface area contributed by atoms with Crippen molar-refractivity contribution < 1.29 is 28.5 Å². The van der Waals surface area contributed by atoms with E-state index in [2.05, 4.69) is 5.32 Å². The molecule has 1 N–H and O–H groups in total. The summed E-state index contributed by atoms with van der Waals surface area (Å²) in [7, 11) is 0. The molecule has 1 heterocycles. The van der Waals surface area contributed by atoms with Gasteiger partial charge < -0.3 is 24.3 Å². The maximum Gasteiger partial charge on any atom is 0.339 e. The van der Waals surface area contributed by atoms with Crippen LogP contribution in [0.4, 0.5) is 5.69 Å². The summed E-state index contributed by atoms with van der Waals surface area (Å²) in [5.41, 5.74) is 0.840. The van der Waals surface area contributed by atoms with Crippen LogP contribution in [0, 0.1) is 0 Å². The molecule has 7 heteroatoms. The van der Waals surface area contributed by atoms with Gasteiger partial charge in [-0.25, -0.2) is 4.79 Å². The molecule has 1 aliphatic rings. The van der Waals surface area contributed by atoms with Gasteiger partial charge in [0.15, 0.2) is 17.6 Å². The number of anilines is 1. The van der Waals surface area contributed by atoms with Crippen LogP contribution < -0.4 is 19.5 Å². The zero-order chi connectivity index (χ0) is 20.9. The van der Waals surface area contributed by atoms with Crippen molar-refractivity contribution in [1.29, 1.82) is 0 Å². The molecular weight excluding hydrogens is 386 g/mol. The smallest absolute Gasteiger partial charge is 0.339 e. The Balaban J connectivity index is 1.32. The number of fused-ring (bicyclic) bond motifs is 1. The molecule has 0 fully saturated rings. The van der Waals surface area contributed by atoms with Crippen molar-refractivity contribution in [2.24, 2.45) is 0 Å². The highest BCUT2D eigenvalue weighted by molar-refractivity contribution is 5.97. The van der Waals surface area contributed by atoms with Crippen LogP contribution in [-0.2, 0) is 9.53 Å². The Morgan fingerprint density at radius 1 is 0.900 bits per heavy atom. The van der Waals surface area contributed by atoms with Crippen molar-refractivity contribution in [1.82, 2.24) is 0 Å². The number of rotatable bonds is 6. The fourth-order valence-corrected chi connectivity index (χ4v) is 2.78. The lowest BCUT2D eigenvalue weighted by Crippen LogP contribution is -2.30. The first-order chi connectivity index (χ1) is 14.6. The molecular formula is C23H19NO6. The molecule has 0 bridgehead atoms. The van der Waals surface area contributed by atoms with E-state index in [4.69, 9.17) is 18.9 Å². The maximum absolute atomic E-state index is 12.4. The van der Waals surface area contributed by atoms with E-state index in [9.17, 15) is 9.59 Å². The summed E-state index contributed by atoms with van der Waals surface area (Å²) in [4.78, 5) is 24.7. The number of para-hydroxylation sites is 1. The predicted molar refractivity (Wildman–Crippen MR) is 109 cm³/mol. The molecule has 0 aromatic heterocycles. The van der Waals surface area contributed by atoms with Crippen LogP contribution in [0.5, 0.6) is 23.0 Å². The van der Waals surface area contributed by atoms with E-state index in [1.54, 1.807) is 36.4 Å². The first-order valence-corrected chi connectivity index (χ1v) is 9.33. The number of hydrogen-bond acceptors (Lipinski definition) is 6. The van der Waals surface area contributed by atoms with Crippen molar-refractivity contribution in [3.8, 4) is 23.0 Å². The molecule has 3 aromatic carbocycles. The van der Waals surface area contributed by atoms with Crippen molar-refractivity contribution in [2.75, 3.05) is 12.1 Å². The zero-order valence-electron chi connectivity index (χ0n) is 16.2. The van der Waals surface area contributed by atoms with Gasteiger partial charge >= 0.3 is 5.97 Å². The van der Waals surface area contributed by atoms with Gasteiger partial charge in [-0.15, -0.1) is 0 Å². The number of benzene rings is 3. The van der Waals surface area contributed by atoms with Gasteiger partial charge in [-0.2, -0.15) is 0 Å². The normalized spacial score (nSPS) is 12.7. The quantitative estimate of drug-likeness (QED) is 0.613. The molecule has 152 valence electrons. The molecule has 0 saturated heterocycles. The van der Waals surface area contributed by atoms with E-state index in [0.29, 0.717) is 22.9 Å². The van der Waals surface area contributed by atoms with Crippen molar-refractivity contribution >= 4 is 17.6 Å². The molecule has 1 atom stereocenters. The Hall–Kier alpha value is -4.00. The molecule has 4 rings (SSSR count). The van der Waals surface area contributed by atoms with Crippen molar-refractivity contribution in [2.45, 2.75) is 13.0 Å². The van der Waals surface area contributed by atoms with E-state index >= 15 is 0 Å². The summed E-state index contributed by atoms with van der Waals surface area (Å²) in [6.45, 7) is 1.62. The Kier molecular flexibility index (Phi) is 5.52. The van der Waals surface area contributed by atoms with Crippen LogP contribution in [0.2, 0.25) is 0 Å². The van der Waals surface area contributed by atoms with Gasteiger partial charge in [0, 0.05) is 5.69 Å². The number of ether oxygens (including phenoxy) is 4. The van der Waals surface area contributed by atoms with E-state index in [1.807, 2.05) is 30.3 Å². The number of amides is 1. The third-order valence-corrected chi connectivity index (χ3v) is 4.36. The van der Waals surface area contributed by atoms with E-state index in [0.717, 1.165) is 5.75 Å². The van der Waals surface area contributed by atoms with Gasteiger partial charge in [0.05, 0.1) is 5.56 Å². The van der Waals surface area contributed by atoms with Crippen LogP contribution in [-0.4, -0.2) is 24.8 Å². The van der Waals surface area contributed by atoms with E-state index < -0.39 is 18.0 Å². The zero-order valence-corrected chi connectivity index (χ0v) is 16.2. The molecule has 1 aliphatic heterocycles. The third-order valence-electron chi connectivity index (χ3n) is 4.36. The highest BCUT2D eigenvalue weighted by Crippen LogP contribution is 2.32. The Morgan fingerprint density at radius 2 is 1.60 bits per heavy atom. The maximum atomic E-state index is 12.4. The number of nitrogens with one attached hydrogen (secondary N) is 1. The first-order valence-electron chi connectivity index (χ1n) is 9.33. The van der Waals surface area contributed by atoms with Gasteiger partial charge in [0.25, 0.3) is 5.91 Å². The van der Waals surface area contributed by atoms with Crippen LogP contribution in [0.25, 0.3) is 0 Å². The molecule has 30 heavy (non-hydrogen) atoms. The monoisotopic (exact) mass is 405 g/mol. The SMILES string of the molecule is C[C@H](OC(=O)c1ccc2c(c1)OCO2)C(=O)Nc1ccc(Oc2ccccc2)cc1. The Labute approximate surface area is 173 Å². The summed E-state index contributed by atoms with van der Waals surface area (Å²) in [6, 6.07) is 21.0. The minimum Gasteiger partial charge on any atom is -0.457 e. The van der Waals surface area contributed by atoms with Crippen molar-refractivity contribution in [3.05, 3.63) is 78.4 Å². The summed E-state index contributed by atoms with van der Waals surface area (Å²) >= 11 is 0. The van der Waals surface area contributed by atoms with Gasteiger partial charge in [-0.05, 0) is 61.5 Å². The van der Waals surface area contributed by atoms with E-state index in [-0.39, 0.29) is 12.4 Å². The number of hydrogen-bond donors (Lipinski definition) is 1. The number of carbonyl (C=O) groups excluding carboxylic acids is 2. The molecule has 0 aliphatic carbocycles. The van der Waals surface area contributed by atoms with Gasteiger partial charge in [-0.1, -0.05) is 18.2 Å². The van der Waals surface area contributed by atoms with Crippen LogP contribution in [0.1, 0.15) is 17.3 Å². The average molecular weight is 405 g/mol. The lowest BCUT2D eigenvalue weighted by Gasteiger charge is -2.14. The van der Waals surface area contributed by atoms with Gasteiger partial charge in [0.2, 0.25) is 6.79 Å². The fourth-order valence-electron chi connectivity index (χ4n) is 2.78. The minimum absolute atomic E-state index is 0.113. The minimum atomic E-state index is -0.983. The summed E-state index contributed by atoms with van der Waals surface area (Å²) in [5, 5.41) is 2.71. The Morgan fingerprint density at radius 3 is 2.37 bits per heavy atom. The third kappa shape index (κ3) is 4.52. The number of esters is 1. The second-order valence-corrected chi connectivity index (χ2v) is 6.54. The van der Waals surface area contributed by atoms with Crippen LogP contribution >= 0.6 is 0 Å². The molecule has 0 saturated carbocycles. The number of carbonyl (C=O) groups is 2. The standard InChI is InChI=1S/C23H19NO6/c1-15(29-23(26)16-7-12-20-21(13-16)28-14-27-20)22(25)24-17-8-10-19(11-9-17)30-18-5-3-2-4-6-18/h2-13,15H,14H2,1H3,(H,24,25)/t15-/m0/s1. The molecule has 1 amide bonds. The van der Waals surface area contributed by atoms with Gasteiger partial charge in [-0.3, -0.25) is 4.79 Å². The summed E-state index contributed by atoms with van der Waals surface area (Å²) < 4.78 is 21.4. The first kappa shape index (κ1) is 19.3. The second kappa shape index (κ2) is 8.57. The lowest BCUT2D eigenvalue weighted by atomic mass is 10.2. The summed E-state index contributed by atoms with van der Waals surface area (Å²) in [6.07, 6.45) is -0.983. The van der Waals surface area contributed by atoms with E-state index in [1.165, 1.54) is 13.0 Å². The summed E-state index contributed by atoms with van der Waals surface area (Å²) in [5.74, 6) is 1.33. The van der Waals surface area contributed by atoms with Crippen molar-refractivity contribution in [3.63, 3.8) is 0 Å². The molecule has 0 spiro atoms. The predicted octanol–water partition coefficient (Wildman–Crippen LogP) is 4.39. The highest BCUT2D eigenvalue weighted by atomic mass is 16.7. The molecule has 7 nitrogen and oxygen atoms in total. The van der Waals surface area contributed by atoms with Crippen LogP contribution in [0.3, 0.4) is 0 Å². The fraction of sp³-hybridized carbons (Fsp3) is 0.130.